The van der Waals surface area contributed by atoms with Gasteiger partial charge in [-0.25, -0.2) is 4.79 Å². The summed E-state index contributed by atoms with van der Waals surface area (Å²) in [4.78, 5) is 8.56. The molecule has 0 fully saturated rings. The maximum absolute atomic E-state index is 8.56. The second-order valence-electron chi connectivity index (χ2n) is 0.283. The van der Waals surface area contributed by atoms with Crippen LogP contribution in [0.1, 0.15) is 0 Å². The molecule has 0 aromatic rings. The molecule has 0 aliphatic rings. The Hall–Kier alpha value is 1.52. The van der Waals surface area contributed by atoms with E-state index in [4.69, 9.17) is 15.0 Å². The van der Waals surface area contributed by atoms with Gasteiger partial charge in [0.05, 0.1) is 0 Å². The minimum atomic E-state index is -1.83. The van der Waals surface area contributed by atoms with Gasteiger partial charge in [0.15, 0.2) is 0 Å². The van der Waals surface area contributed by atoms with Gasteiger partial charge in [0, 0.05) is 41.7 Å². The summed E-state index contributed by atoms with van der Waals surface area (Å²) >= 11 is 0. The summed E-state index contributed by atoms with van der Waals surface area (Å²) in [5, 5.41) is 13.9. The largest absolute Gasteiger partial charge is 0.503 e. The molecule has 0 aliphatic heterocycles. The van der Waals surface area contributed by atoms with E-state index in [1.807, 2.05) is 0 Å². The van der Waals surface area contributed by atoms with Crippen molar-refractivity contribution in [3.8, 4) is 0 Å². The van der Waals surface area contributed by atoms with Crippen molar-refractivity contribution in [1.82, 2.24) is 0 Å². The first kappa shape index (κ1) is 33.8. The van der Waals surface area contributed by atoms with Crippen LogP contribution in [0.4, 0.5) is 4.79 Å². The topological polar surface area (TPSA) is 57.5 Å². The van der Waals surface area contributed by atoms with E-state index in [1.54, 1.807) is 0 Å². The maximum Gasteiger partial charge on any atom is 0.503 e. The van der Waals surface area contributed by atoms with Crippen molar-refractivity contribution < 1.29 is 56.8 Å². The predicted octanol–water partition coefficient (Wildman–Crippen LogP) is 1.49. The van der Waals surface area contributed by atoms with Gasteiger partial charge in [-0.15, -0.1) is 37.2 Å². The molecule has 0 saturated heterocycles. The molecule has 0 aliphatic carbocycles. The Morgan fingerprint density at radius 1 is 1.00 bits per heavy atom. The number of hydrogen-bond donors (Lipinski definition) is 2. The molecule has 8 heavy (non-hydrogen) atoms. The van der Waals surface area contributed by atoms with Crippen molar-refractivity contribution >= 4 is 43.4 Å². The fraction of sp³-hybridized carbons (Fsp3) is 0. The van der Waals surface area contributed by atoms with Gasteiger partial charge < -0.3 is 10.2 Å². The van der Waals surface area contributed by atoms with Crippen molar-refractivity contribution in [2.45, 2.75) is 0 Å². The molecule has 52 valence electrons. The molecule has 0 heterocycles. The number of carboxylic acid groups (broad SMARTS) is 2. The predicted molar refractivity (Wildman–Crippen MR) is 32.4 cm³/mol. The van der Waals surface area contributed by atoms with E-state index in [0.717, 1.165) is 0 Å². The average Bonchev–Trinajstić information content (AvgIpc) is 0.811. The van der Waals surface area contributed by atoms with Gasteiger partial charge in [-0.3, -0.25) is 0 Å². The zero-order valence-electron chi connectivity index (χ0n) is 3.53. The fourth-order valence-corrected chi connectivity index (χ4v) is 0. The molecule has 0 atom stereocenters. The van der Waals surface area contributed by atoms with E-state index in [9.17, 15) is 0 Å². The van der Waals surface area contributed by atoms with Crippen molar-refractivity contribution in [1.29, 1.82) is 0 Å². The number of halogens is 3. The zero-order valence-corrected chi connectivity index (χ0v) is 9.12. The van der Waals surface area contributed by atoms with Crippen LogP contribution in [-0.2, 0) is 0 Å². The number of hydrogen-bond acceptors (Lipinski definition) is 1. The third kappa shape index (κ3) is 139. The molecule has 0 rings (SSSR count). The molecule has 0 radical (unpaired) electrons. The third-order valence-electron chi connectivity index (χ3n) is 0. The molecule has 0 unspecified atom stereocenters. The first-order valence-corrected chi connectivity index (χ1v) is 0.651. The second-order valence-corrected chi connectivity index (χ2v) is 0.283. The van der Waals surface area contributed by atoms with Crippen LogP contribution in [0.2, 0.25) is 0 Å². The number of carbonyl (C=O) groups is 1. The van der Waals surface area contributed by atoms with Crippen LogP contribution in [0.25, 0.3) is 0 Å². The Balaban J connectivity index is -0.00000000750. The average molecular weight is 312 g/mol. The minimum absolute atomic E-state index is 0. The number of rotatable bonds is 0. The van der Waals surface area contributed by atoms with E-state index < -0.39 is 6.16 Å². The SMILES string of the molecule is Cl.Cl.Cl.O=C(O)O.[Ce]. The van der Waals surface area contributed by atoms with E-state index >= 15 is 0 Å². The summed E-state index contributed by atoms with van der Waals surface area (Å²) in [6.45, 7) is 0. The fourth-order valence-electron chi connectivity index (χ4n) is 0. The van der Waals surface area contributed by atoms with Crippen LogP contribution in [-0.4, -0.2) is 16.4 Å². The Morgan fingerprint density at radius 2 is 1.00 bits per heavy atom. The van der Waals surface area contributed by atoms with Gasteiger partial charge in [0.1, 0.15) is 0 Å². The summed E-state index contributed by atoms with van der Waals surface area (Å²) in [5.74, 6) is 0. The molecular weight excluding hydrogens is 306 g/mol. The third-order valence-corrected chi connectivity index (χ3v) is 0. The van der Waals surface area contributed by atoms with Crippen LogP contribution < -0.4 is 0 Å². The Kier molecular flexibility index (Phi) is 99.8. The van der Waals surface area contributed by atoms with Gasteiger partial charge in [-0.1, -0.05) is 0 Å². The molecular formula is CH5CeCl3O3. The van der Waals surface area contributed by atoms with Gasteiger partial charge in [-0.05, 0) is 0 Å². The zero-order chi connectivity index (χ0) is 3.58. The summed E-state index contributed by atoms with van der Waals surface area (Å²) in [7, 11) is 0. The maximum atomic E-state index is 8.56. The normalized spacial score (nSPS) is 3.00. The minimum Gasteiger partial charge on any atom is -0.450 e. The molecule has 3 nitrogen and oxygen atoms in total. The van der Waals surface area contributed by atoms with Crippen LogP contribution in [0.3, 0.4) is 0 Å². The molecule has 0 aromatic heterocycles. The van der Waals surface area contributed by atoms with Crippen molar-refractivity contribution in [3.63, 3.8) is 0 Å². The van der Waals surface area contributed by atoms with E-state index in [-0.39, 0.29) is 79.0 Å². The summed E-state index contributed by atoms with van der Waals surface area (Å²) < 4.78 is 0. The monoisotopic (exact) mass is 310 g/mol. The van der Waals surface area contributed by atoms with E-state index in [2.05, 4.69) is 0 Å². The van der Waals surface area contributed by atoms with Crippen LogP contribution in [0.15, 0.2) is 0 Å². The molecule has 7 heteroatoms. The molecule has 0 saturated carbocycles. The van der Waals surface area contributed by atoms with Gasteiger partial charge in [-0.2, -0.15) is 0 Å². The standard InChI is InChI=1S/CH2O3.Ce.3ClH/c2-1(3)4;;;;/h(H2,2,3,4);;3*1H. The van der Waals surface area contributed by atoms with Crippen molar-refractivity contribution in [2.24, 2.45) is 0 Å². The van der Waals surface area contributed by atoms with Crippen LogP contribution in [0.5, 0.6) is 0 Å². The van der Waals surface area contributed by atoms with Gasteiger partial charge in [0.25, 0.3) is 0 Å². The van der Waals surface area contributed by atoms with E-state index in [1.165, 1.54) is 0 Å². The van der Waals surface area contributed by atoms with Gasteiger partial charge >= 0.3 is 6.16 Å². The van der Waals surface area contributed by atoms with Crippen LogP contribution in [0, 0.1) is 41.7 Å². The summed E-state index contributed by atoms with van der Waals surface area (Å²) in [6, 6.07) is 0. The van der Waals surface area contributed by atoms with Crippen molar-refractivity contribution in [3.05, 3.63) is 0 Å². The van der Waals surface area contributed by atoms with Gasteiger partial charge in [0.2, 0.25) is 0 Å². The molecule has 2 N–H and O–H groups in total. The summed E-state index contributed by atoms with van der Waals surface area (Å²) in [5.41, 5.74) is 0. The molecule has 0 aromatic carbocycles. The van der Waals surface area contributed by atoms with Crippen molar-refractivity contribution in [2.75, 3.05) is 0 Å². The van der Waals surface area contributed by atoms with E-state index in [0.29, 0.717) is 0 Å². The Labute approximate surface area is 98.8 Å². The first-order valence-electron chi connectivity index (χ1n) is 0.651. The smallest absolute Gasteiger partial charge is 0.450 e. The van der Waals surface area contributed by atoms with Crippen LogP contribution >= 0.6 is 37.2 Å². The summed E-state index contributed by atoms with van der Waals surface area (Å²) in [6.07, 6.45) is -1.83. The quantitative estimate of drug-likeness (QED) is 0.712. The second kappa shape index (κ2) is 23.6. The molecule has 0 amide bonds. The molecule has 0 spiro atoms. The Morgan fingerprint density at radius 3 is 1.00 bits per heavy atom. The Bertz CT molecular complexity index is 37.5. The first-order chi connectivity index (χ1) is 1.73. The molecule has 0 bridgehead atoms.